The van der Waals surface area contributed by atoms with E-state index in [2.05, 4.69) is 5.32 Å². The van der Waals surface area contributed by atoms with E-state index in [1.54, 1.807) is 0 Å². The second kappa shape index (κ2) is 7.48. The first kappa shape index (κ1) is 14.2. The standard InChI is InChI=1S/C14H19NO3/c1-11(10-12-6-3-2-4-7-12)14(18)15-9-5-8-13(16)17/h2-4,6-7,11H,5,8-10H2,1H3,(H,15,18)(H,16,17)/t11-/m0/s1. The fourth-order valence-electron chi connectivity index (χ4n) is 1.69. The number of carbonyl (C=O) groups excluding carboxylic acids is 1. The van der Waals surface area contributed by atoms with Gasteiger partial charge >= 0.3 is 5.97 Å². The van der Waals surface area contributed by atoms with E-state index in [9.17, 15) is 9.59 Å². The van der Waals surface area contributed by atoms with Crippen LogP contribution in [-0.4, -0.2) is 23.5 Å². The first-order valence-electron chi connectivity index (χ1n) is 6.13. The third kappa shape index (κ3) is 5.48. The summed E-state index contributed by atoms with van der Waals surface area (Å²) < 4.78 is 0. The maximum atomic E-state index is 11.7. The van der Waals surface area contributed by atoms with Crippen LogP contribution in [0.25, 0.3) is 0 Å². The summed E-state index contributed by atoms with van der Waals surface area (Å²) in [5.41, 5.74) is 1.13. The lowest BCUT2D eigenvalue weighted by molar-refractivity contribution is -0.137. The summed E-state index contributed by atoms with van der Waals surface area (Å²) in [5.74, 6) is -0.956. The van der Waals surface area contributed by atoms with Gasteiger partial charge < -0.3 is 10.4 Å². The Hall–Kier alpha value is -1.84. The number of nitrogens with one attached hydrogen (secondary N) is 1. The van der Waals surface area contributed by atoms with Crippen LogP contribution < -0.4 is 5.32 Å². The zero-order valence-corrected chi connectivity index (χ0v) is 10.6. The van der Waals surface area contributed by atoms with Gasteiger partial charge in [0.2, 0.25) is 5.91 Å². The van der Waals surface area contributed by atoms with Crippen molar-refractivity contribution in [3.63, 3.8) is 0 Å². The SMILES string of the molecule is C[C@@H](Cc1ccccc1)C(=O)NCCCC(=O)O. The van der Waals surface area contributed by atoms with Crippen LogP contribution in [0.3, 0.4) is 0 Å². The monoisotopic (exact) mass is 249 g/mol. The van der Waals surface area contributed by atoms with Gasteiger partial charge in [-0.05, 0) is 18.4 Å². The molecule has 98 valence electrons. The van der Waals surface area contributed by atoms with Crippen LogP contribution in [0.1, 0.15) is 25.3 Å². The Bertz CT molecular complexity index is 389. The van der Waals surface area contributed by atoms with E-state index in [0.717, 1.165) is 5.56 Å². The minimum absolute atomic E-state index is 0.0239. The Morgan fingerprint density at radius 3 is 2.56 bits per heavy atom. The minimum Gasteiger partial charge on any atom is -0.481 e. The van der Waals surface area contributed by atoms with E-state index in [1.165, 1.54) is 0 Å². The van der Waals surface area contributed by atoms with Crippen LogP contribution in [0, 0.1) is 5.92 Å². The molecule has 1 rings (SSSR count). The molecule has 0 aliphatic rings. The van der Waals surface area contributed by atoms with Crippen LogP contribution >= 0.6 is 0 Å². The summed E-state index contributed by atoms with van der Waals surface area (Å²) in [6.45, 7) is 2.30. The lowest BCUT2D eigenvalue weighted by Crippen LogP contribution is -2.31. The third-order valence-electron chi connectivity index (χ3n) is 2.70. The van der Waals surface area contributed by atoms with Gasteiger partial charge in [0.15, 0.2) is 0 Å². The van der Waals surface area contributed by atoms with E-state index in [0.29, 0.717) is 19.4 Å². The van der Waals surface area contributed by atoms with Gasteiger partial charge in [-0.25, -0.2) is 0 Å². The van der Waals surface area contributed by atoms with Crippen molar-refractivity contribution in [2.24, 2.45) is 5.92 Å². The van der Waals surface area contributed by atoms with Gasteiger partial charge in [-0.2, -0.15) is 0 Å². The lowest BCUT2D eigenvalue weighted by atomic mass is 10.0. The van der Waals surface area contributed by atoms with Gasteiger partial charge in [-0.3, -0.25) is 9.59 Å². The van der Waals surface area contributed by atoms with Crippen molar-refractivity contribution in [1.82, 2.24) is 5.32 Å². The molecular formula is C14H19NO3. The molecule has 2 N–H and O–H groups in total. The van der Waals surface area contributed by atoms with Gasteiger partial charge in [0, 0.05) is 18.9 Å². The number of amides is 1. The topological polar surface area (TPSA) is 66.4 Å². The molecule has 0 aliphatic carbocycles. The summed E-state index contributed by atoms with van der Waals surface area (Å²) in [5, 5.41) is 11.2. The van der Waals surface area contributed by atoms with E-state index < -0.39 is 5.97 Å². The molecule has 4 nitrogen and oxygen atoms in total. The number of hydrogen-bond acceptors (Lipinski definition) is 2. The molecule has 1 amide bonds. The lowest BCUT2D eigenvalue weighted by Gasteiger charge is -2.11. The van der Waals surface area contributed by atoms with Crippen LogP contribution in [-0.2, 0) is 16.0 Å². The molecule has 0 aromatic heterocycles. The van der Waals surface area contributed by atoms with Gasteiger partial charge in [0.25, 0.3) is 0 Å². The number of carboxylic acids is 1. The molecule has 0 spiro atoms. The van der Waals surface area contributed by atoms with E-state index >= 15 is 0 Å². The number of aliphatic carboxylic acids is 1. The largest absolute Gasteiger partial charge is 0.481 e. The molecule has 0 fully saturated rings. The van der Waals surface area contributed by atoms with Gasteiger partial charge in [-0.15, -0.1) is 0 Å². The number of carbonyl (C=O) groups is 2. The highest BCUT2D eigenvalue weighted by Gasteiger charge is 2.12. The second-order valence-corrected chi connectivity index (χ2v) is 4.38. The fraction of sp³-hybridized carbons (Fsp3) is 0.429. The Labute approximate surface area is 107 Å². The van der Waals surface area contributed by atoms with Crippen molar-refractivity contribution in [2.45, 2.75) is 26.2 Å². The summed E-state index contributed by atoms with van der Waals surface area (Å²) in [6.07, 6.45) is 1.26. The highest BCUT2D eigenvalue weighted by molar-refractivity contribution is 5.78. The minimum atomic E-state index is -0.832. The van der Waals surface area contributed by atoms with E-state index in [1.807, 2.05) is 37.3 Å². The molecule has 0 aliphatic heterocycles. The summed E-state index contributed by atoms with van der Waals surface area (Å²) in [6, 6.07) is 9.84. The average molecular weight is 249 g/mol. The fourth-order valence-corrected chi connectivity index (χ4v) is 1.69. The molecule has 0 saturated heterocycles. The van der Waals surface area contributed by atoms with Crippen molar-refractivity contribution in [3.05, 3.63) is 35.9 Å². The predicted molar refractivity (Wildman–Crippen MR) is 69.2 cm³/mol. The van der Waals surface area contributed by atoms with Crippen LogP contribution in [0.5, 0.6) is 0 Å². The first-order valence-corrected chi connectivity index (χ1v) is 6.13. The highest BCUT2D eigenvalue weighted by Crippen LogP contribution is 2.08. The van der Waals surface area contributed by atoms with Crippen molar-refractivity contribution in [2.75, 3.05) is 6.54 Å². The molecule has 1 aromatic carbocycles. The Morgan fingerprint density at radius 1 is 1.28 bits per heavy atom. The molecule has 0 heterocycles. The molecule has 1 atom stereocenters. The molecule has 4 heteroatoms. The Balaban J connectivity index is 2.27. The van der Waals surface area contributed by atoms with Crippen molar-refractivity contribution < 1.29 is 14.7 Å². The van der Waals surface area contributed by atoms with Crippen LogP contribution in [0.15, 0.2) is 30.3 Å². The van der Waals surface area contributed by atoms with Crippen LogP contribution in [0.2, 0.25) is 0 Å². The number of hydrogen-bond donors (Lipinski definition) is 2. The zero-order chi connectivity index (χ0) is 13.4. The molecular weight excluding hydrogens is 230 g/mol. The maximum absolute atomic E-state index is 11.7. The molecule has 0 radical (unpaired) electrons. The van der Waals surface area contributed by atoms with Crippen molar-refractivity contribution in [3.8, 4) is 0 Å². The van der Waals surface area contributed by atoms with Gasteiger partial charge in [-0.1, -0.05) is 37.3 Å². The Morgan fingerprint density at radius 2 is 1.94 bits per heavy atom. The number of carboxylic acid groups (broad SMARTS) is 1. The van der Waals surface area contributed by atoms with Crippen LogP contribution in [0.4, 0.5) is 0 Å². The summed E-state index contributed by atoms with van der Waals surface area (Å²) in [4.78, 5) is 22.0. The normalized spacial score (nSPS) is 11.8. The van der Waals surface area contributed by atoms with Gasteiger partial charge in [0.1, 0.15) is 0 Å². The van der Waals surface area contributed by atoms with Gasteiger partial charge in [0.05, 0.1) is 0 Å². The third-order valence-corrected chi connectivity index (χ3v) is 2.70. The molecule has 18 heavy (non-hydrogen) atoms. The highest BCUT2D eigenvalue weighted by atomic mass is 16.4. The second-order valence-electron chi connectivity index (χ2n) is 4.38. The first-order chi connectivity index (χ1) is 8.59. The number of benzene rings is 1. The molecule has 0 unspecified atom stereocenters. The van der Waals surface area contributed by atoms with E-state index in [-0.39, 0.29) is 18.2 Å². The zero-order valence-electron chi connectivity index (χ0n) is 10.6. The number of rotatable bonds is 7. The van der Waals surface area contributed by atoms with Crippen molar-refractivity contribution >= 4 is 11.9 Å². The Kier molecular flexibility index (Phi) is 5.91. The average Bonchev–Trinajstić information content (AvgIpc) is 2.35. The maximum Gasteiger partial charge on any atom is 0.303 e. The molecule has 0 saturated carbocycles. The predicted octanol–water partition coefficient (Wildman–Crippen LogP) is 1.85. The smallest absolute Gasteiger partial charge is 0.303 e. The quantitative estimate of drug-likeness (QED) is 0.725. The molecule has 1 aromatic rings. The van der Waals surface area contributed by atoms with Crippen molar-refractivity contribution in [1.29, 1.82) is 0 Å². The summed E-state index contributed by atoms with van der Waals surface area (Å²) in [7, 11) is 0. The van der Waals surface area contributed by atoms with E-state index in [4.69, 9.17) is 5.11 Å². The molecule has 0 bridgehead atoms. The summed E-state index contributed by atoms with van der Waals surface area (Å²) >= 11 is 0.